The summed E-state index contributed by atoms with van der Waals surface area (Å²) in [7, 11) is 0. The number of piperidine rings is 1. The predicted octanol–water partition coefficient (Wildman–Crippen LogP) is 4.86. The fraction of sp³-hybridized carbons (Fsp3) is 0.387. The number of benzene rings is 3. The Bertz CT molecular complexity index is 1290. The van der Waals surface area contributed by atoms with Gasteiger partial charge >= 0.3 is 0 Å². The molecule has 6 nitrogen and oxygen atoms in total. The zero-order valence-electron chi connectivity index (χ0n) is 21.4. The van der Waals surface area contributed by atoms with Crippen LogP contribution < -0.4 is 10.6 Å². The van der Waals surface area contributed by atoms with Gasteiger partial charge < -0.3 is 15.5 Å². The van der Waals surface area contributed by atoms with E-state index in [1.54, 1.807) is 0 Å². The van der Waals surface area contributed by atoms with E-state index in [4.69, 9.17) is 0 Å². The number of carbonyl (C=O) groups excluding carboxylic acids is 3. The number of carbonyl (C=O) groups is 3. The maximum atomic E-state index is 13.3. The second kappa shape index (κ2) is 11.2. The number of nitrogens with one attached hydrogen (secondary N) is 2. The van der Waals surface area contributed by atoms with Crippen molar-refractivity contribution in [1.29, 1.82) is 0 Å². The van der Waals surface area contributed by atoms with Crippen LogP contribution in [0.1, 0.15) is 64.8 Å². The molecule has 3 aromatic rings. The Morgan fingerprint density at radius 3 is 2.11 bits per heavy atom. The van der Waals surface area contributed by atoms with Crippen molar-refractivity contribution < 1.29 is 14.4 Å². The summed E-state index contributed by atoms with van der Waals surface area (Å²) in [6.45, 7) is 3.07. The number of likely N-dealkylation sites (tertiary alicyclic amines) is 1. The number of rotatable bonds is 5. The smallest absolute Gasteiger partial charge is 0.254 e. The molecule has 2 N–H and O–H groups in total. The summed E-state index contributed by atoms with van der Waals surface area (Å²) in [5.41, 5.74) is 2.35. The first-order valence-electron chi connectivity index (χ1n) is 13.4. The topological polar surface area (TPSA) is 78.5 Å². The largest absolute Gasteiger partial charge is 0.351 e. The maximum Gasteiger partial charge on any atom is 0.254 e. The van der Waals surface area contributed by atoms with Crippen LogP contribution >= 0.6 is 0 Å². The molecule has 0 aromatic heterocycles. The summed E-state index contributed by atoms with van der Waals surface area (Å²) < 4.78 is 0. The van der Waals surface area contributed by atoms with E-state index >= 15 is 0 Å². The first-order valence-corrected chi connectivity index (χ1v) is 13.4. The van der Waals surface area contributed by atoms with Gasteiger partial charge in [0.1, 0.15) is 0 Å². The molecule has 0 bridgehead atoms. The molecule has 0 unspecified atom stereocenters. The molecule has 2 atom stereocenters. The molecule has 6 heteroatoms. The average molecular weight is 498 g/mol. The monoisotopic (exact) mass is 497 g/mol. The van der Waals surface area contributed by atoms with E-state index in [2.05, 4.69) is 10.6 Å². The summed E-state index contributed by atoms with van der Waals surface area (Å²) in [5.74, 6) is -0.128. The number of aryl methyl sites for hydroxylation is 1. The van der Waals surface area contributed by atoms with Crippen LogP contribution in [-0.2, 0) is 4.79 Å². The van der Waals surface area contributed by atoms with Gasteiger partial charge in [-0.15, -0.1) is 0 Å². The zero-order valence-corrected chi connectivity index (χ0v) is 21.4. The second-order valence-electron chi connectivity index (χ2n) is 10.4. The first-order chi connectivity index (χ1) is 18.0. The minimum Gasteiger partial charge on any atom is -0.351 e. The Kier molecular flexibility index (Phi) is 7.54. The van der Waals surface area contributed by atoms with E-state index in [0.29, 0.717) is 31.5 Å². The average Bonchev–Trinajstić information content (AvgIpc) is 2.93. The zero-order chi connectivity index (χ0) is 25.8. The molecule has 3 aromatic carbocycles. The number of hydrogen-bond donors (Lipinski definition) is 2. The highest BCUT2D eigenvalue weighted by Gasteiger charge is 2.33. The van der Waals surface area contributed by atoms with Crippen molar-refractivity contribution in [2.45, 2.75) is 57.5 Å². The molecule has 1 heterocycles. The van der Waals surface area contributed by atoms with Gasteiger partial charge in [0.25, 0.3) is 11.8 Å². The van der Waals surface area contributed by atoms with Crippen LogP contribution in [0.4, 0.5) is 0 Å². The summed E-state index contributed by atoms with van der Waals surface area (Å²) >= 11 is 0. The highest BCUT2D eigenvalue weighted by Crippen LogP contribution is 2.25. The van der Waals surface area contributed by atoms with Crippen LogP contribution in [0.15, 0.2) is 66.7 Å². The summed E-state index contributed by atoms with van der Waals surface area (Å²) in [4.78, 5) is 41.3. The molecule has 0 spiro atoms. The Balaban J connectivity index is 1.18. The van der Waals surface area contributed by atoms with Gasteiger partial charge in [-0.25, -0.2) is 0 Å². The van der Waals surface area contributed by atoms with Gasteiger partial charge in [0, 0.05) is 42.2 Å². The molecule has 1 aliphatic heterocycles. The van der Waals surface area contributed by atoms with Crippen LogP contribution in [-0.4, -0.2) is 47.8 Å². The highest BCUT2D eigenvalue weighted by molar-refractivity contribution is 6.07. The van der Waals surface area contributed by atoms with Crippen molar-refractivity contribution in [3.8, 4) is 0 Å². The third-order valence-electron chi connectivity index (χ3n) is 7.97. The lowest BCUT2D eigenvalue weighted by molar-refractivity contribution is -0.127. The van der Waals surface area contributed by atoms with E-state index in [-0.39, 0.29) is 35.7 Å². The molecule has 1 saturated heterocycles. The standard InChI is InChI=1S/C31H35N3O3/c1-21-9-2-4-12-24(21)30(36)33-28-16-7-6-15-27(28)32-29(35)23-17-19-34(20-18-23)31(37)26-14-8-11-22-10-3-5-13-25(22)26/h2-5,8-14,23,27-28H,6-7,15-20H2,1H3,(H,32,35)(H,33,36)/t27-,28-/m1/s1. The van der Waals surface area contributed by atoms with E-state index in [9.17, 15) is 14.4 Å². The van der Waals surface area contributed by atoms with Gasteiger partial charge in [-0.3, -0.25) is 14.4 Å². The lowest BCUT2D eigenvalue weighted by Crippen LogP contribution is -2.55. The van der Waals surface area contributed by atoms with Crippen molar-refractivity contribution >= 4 is 28.5 Å². The molecule has 0 radical (unpaired) electrons. The maximum absolute atomic E-state index is 13.3. The molecular weight excluding hydrogens is 462 g/mol. The summed E-state index contributed by atoms with van der Waals surface area (Å²) in [5, 5.41) is 8.45. The Labute approximate surface area is 218 Å². The van der Waals surface area contributed by atoms with E-state index in [0.717, 1.165) is 47.6 Å². The molecule has 1 saturated carbocycles. The van der Waals surface area contributed by atoms with Crippen molar-refractivity contribution in [3.05, 3.63) is 83.4 Å². The van der Waals surface area contributed by atoms with Gasteiger partial charge in [-0.05, 0) is 61.1 Å². The minimum atomic E-state index is -0.119. The van der Waals surface area contributed by atoms with Crippen LogP contribution in [0.5, 0.6) is 0 Å². The molecule has 1 aliphatic carbocycles. The van der Waals surface area contributed by atoms with Crippen molar-refractivity contribution in [2.24, 2.45) is 5.92 Å². The van der Waals surface area contributed by atoms with Crippen molar-refractivity contribution in [2.75, 3.05) is 13.1 Å². The quantitative estimate of drug-likeness (QED) is 0.529. The molecule has 3 amide bonds. The normalized spacial score (nSPS) is 20.4. The van der Waals surface area contributed by atoms with Gasteiger partial charge in [0.15, 0.2) is 0 Å². The number of nitrogens with zero attached hydrogens (tertiary/aromatic N) is 1. The highest BCUT2D eigenvalue weighted by atomic mass is 16.2. The minimum absolute atomic E-state index is 0.0296. The number of hydrogen-bond acceptors (Lipinski definition) is 3. The molecule has 37 heavy (non-hydrogen) atoms. The lowest BCUT2D eigenvalue weighted by atomic mass is 9.88. The molecule has 2 fully saturated rings. The van der Waals surface area contributed by atoms with E-state index in [1.165, 1.54) is 0 Å². The van der Waals surface area contributed by atoms with E-state index < -0.39 is 0 Å². The third kappa shape index (κ3) is 5.53. The predicted molar refractivity (Wildman–Crippen MR) is 145 cm³/mol. The SMILES string of the molecule is Cc1ccccc1C(=O)N[C@@H]1CCCC[C@H]1NC(=O)C1CCN(C(=O)c2cccc3ccccc23)CC1. The second-order valence-corrected chi connectivity index (χ2v) is 10.4. The Morgan fingerprint density at radius 1 is 0.730 bits per heavy atom. The van der Waals surface area contributed by atoms with Gasteiger partial charge in [0.05, 0.1) is 0 Å². The fourth-order valence-electron chi connectivity index (χ4n) is 5.78. The molecular formula is C31H35N3O3. The van der Waals surface area contributed by atoms with Crippen LogP contribution in [0.25, 0.3) is 10.8 Å². The Morgan fingerprint density at radius 2 is 1.35 bits per heavy atom. The first kappa shape index (κ1) is 25.0. The molecule has 2 aliphatic rings. The summed E-state index contributed by atoms with van der Waals surface area (Å²) in [6, 6.07) is 21.2. The molecule has 192 valence electrons. The Hall–Kier alpha value is -3.67. The number of amides is 3. The van der Waals surface area contributed by atoms with Crippen molar-refractivity contribution in [1.82, 2.24) is 15.5 Å². The third-order valence-corrected chi connectivity index (χ3v) is 7.97. The lowest BCUT2D eigenvalue weighted by Gasteiger charge is -2.36. The summed E-state index contributed by atoms with van der Waals surface area (Å²) in [6.07, 6.45) is 5.10. The van der Waals surface area contributed by atoms with Crippen LogP contribution in [0, 0.1) is 12.8 Å². The van der Waals surface area contributed by atoms with Crippen LogP contribution in [0.3, 0.4) is 0 Å². The fourth-order valence-corrected chi connectivity index (χ4v) is 5.78. The number of fused-ring (bicyclic) bond motifs is 1. The van der Waals surface area contributed by atoms with Gasteiger partial charge in [0.2, 0.25) is 5.91 Å². The van der Waals surface area contributed by atoms with Crippen molar-refractivity contribution in [3.63, 3.8) is 0 Å². The van der Waals surface area contributed by atoms with Gasteiger partial charge in [-0.1, -0.05) is 67.4 Å². The van der Waals surface area contributed by atoms with Crippen LogP contribution in [0.2, 0.25) is 0 Å². The van der Waals surface area contributed by atoms with E-state index in [1.807, 2.05) is 78.6 Å². The molecule has 5 rings (SSSR count). The van der Waals surface area contributed by atoms with Gasteiger partial charge in [-0.2, -0.15) is 0 Å².